The molecule has 0 aliphatic carbocycles. The Kier molecular flexibility index (Phi) is 13.0. The zero-order valence-electron chi connectivity index (χ0n) is 28.8. The van der Waals surface area contributed by atoms with Crippen LogP contribution in [0.2, 0.25) is 0 Å². The number of ether oxygens (including phenoxy) is 5. The Morgan fingerprint density at radius 3 is 2.17 bits per heavy atom. The lowest BCUT2D eigenvalue weighted by atomic mass is 9.96. The molecule has 54 heavy (non-hydrogen) atoms. The number of thiocarbonyl (C=S) groups is 1. The van der Waals surface area contributed by atoms with E-state index in [1.54, 1.807) is 0 Å². The second-order valence-electron chi connectivity index (χ2n) is 11.9. The van der Waals surface area contributed by atoms with Crippen molar-refractivity contribution in [2.75, 3.05) is 66.8 Å². The maximum Gasteiger partial charge on any atom is 0.416 e. The number of morpholine rings is 1. The van der Waals surface area contributed by atoms with Gasteiger partial charge in [0.25, 0.3) is 5.91 Å². The van der Waals surface area contributed by atoms with Gasteiger partial charge in [-0.05, 0) is 72.2 Å². The summed E-state index contributed by atoms with van der Waals surface area (Å²) in [6, 6.07) is 8.21. The number of benzene rings is 3. The molecule has 10 nitrogen and oxygen atoms in total. The van der Waals surface area contributed by atoms with Gasteiger partial charge in [-0.2, -0.15) is 26.3 Å². The topological polar surface area (TPSA) is 107 Å². The summed E-state index contributed by atoms with van der Waals surface area (Å²) in [6.45, 7) is 2.96. The van der Waals surface area contributed by atoms with Crippen LogP contribution in [-0.4, -0.2) is 97.9 Å². The minimum atomic E-state index is -5.09. The third-order valence-electron chi connectivity index (χ3n) is 8.32. The molecule has 0 spiro atoms. The molecule has 0 unspecified atom stereocenters. The van der Waals surface area contributed by atoms with E-state index < -0.39 is 40.9 Å². The van der Waals surface area contributed by atoms with Crippen molar-refractivity contribution in [2.45, 2.75) is 18.8 Å². The molecule has 0 atom stereocenters. The van der Waals surface area contributed by atoms with Crippen molar-refractivity contribution in [3.05, 3.63) is 75.7 Å². The molecule has 290 valence electrons. The first-order valence-electron chi connectivity index (χ1n) is 16.3. The van der Waals surface area contributed by atoms with Crippen LogP contribution < -0.4 is 18.9 Å². The first-order chi connectivity index (χ1) is 25.6. The van der Waals surface area contributed by atoms with E-state index >= 15 is 0 Å². The number of hydrogen-bond acceptors (Lipinski definition) is 10. The van der Waals surface area contributed by atoms with Gasteiger partial charge in [0.15, 0.2) is 23.0 Å². The van der Waals surface area contributed by atoms with Crippen LogP contribution in [0.25, 0.3) is 17.2 Å². The van der Waals surface area contributed by atoms with Gasteiger partial charge in [0.05, 0.1) is 55.6 Å². The van der Waals surface area contributed by atoms with Gasteiger partial charge >= 0.3 is 18.3 Å². The van der Waals surface area contributed by atoms with E-state index in [-0.39, 0.29) is 69.0 Å². The predicted molar refractivity (Wildman–Crippen MR) is 191 cm³/mol. The molecule has 2 fully saturated rings. The molecule has 2 aliphatic heterocycles. The number of carboxylic acids is 1. The first kappa shape index (κ1) is 40.7. The molecule has 1 amide bonds. The minimum absolute atomic E-state index is 0.0140. The SMILES string of the molecule is COc1cc(C(=O)O)ccc1OCCCN1C(=O)/C(=C/c2cc(OC)c(OCCN3CCOCC3)c(-c3cc(C(F)(F)F)cc(C(F)(F)F)c3)c2)SC1=S. The molecule has 18 heteroatoms. The van der Waals surface area contributed by atoms with Gasteiger partial charge in [0.2, 0.25) is 0 Å². The lowest BCUT2D eigenvalue weighted by Gasteiger charge is -2.27. The average molecular weight is 801 g/mol. The second-order valence-corrected chi connectivity index (χ2v) is 13.6. The fraction of sp³-hybridized carbons (Fsp3) is 0.361. The Bertz CT molecular complexity index is 1880. The molecule has 2 saturated heterocycles. The monoisotopic (exact) mass is 800 g/mol. The molecule has 0 saturated carbocycles. The summed E-state index contributed by atoms with van der Waals surface area (Å²) in [4.78, 5) is 28.3. The number of thioether (sulfide) groups is 1. The third-order valence-corrected chi connectivity index (χ3v) is 9.70. The summed E-state index contributed by atoms with van der Waals surface area (Å²) < 4.78 is 112. The number of carbonyl (C=O) groups is 2. The Morgan fingerprint density at radius 2 is 1.56 bits per heavy atom. The van der Waals surface area contributed by atoms with Crippen LogP contribution in [0.4, 0.5) is 26.3 Å². The van der Waals surface area contributed by atoms with Crippen molar-refractivity contribution in [3.8, 4) is 34.1 Å². The third kappa shape index (κ3) is 9.96. The van der Waals surface area contributed by atoms with E-state index in [2.05, 4.69) is 0 Å². The van der Waals surface area contributed by atoms with Crippen molar-refractivity contribution < 1.29 is 64.7 Å². The molecule has 0 bridgehead atoms. The van der Waals surface area contributed by atoms with Crippen LogP contribution in [0.1, 0.15) is 33.5 Å². The molecular weight excluding hydrogens is 767 g/mol. The summed E-state index contributed by atoms with van der Waals surface area (Å²) in [6.07, 6.45) is -8.45. The quantitative estimate of drug-likeness (QED) is 0.0759. The number of aromatic carboxylic acids is 1. The van der Waals surface area contributed by atoms with E-state index in [9.17, 15) is 41.0 Å². The fourth-order valence-electron chi connectivity index (χ4n) is 5.60. The number of amides is 1. The van der Waals surface area contributed by atoms with Gasteiger partial charge in [0, 0.05) is 31.7 Å². The fourth-order valence-corrected chi connectivity index (χ4v) is 6.91. The van der Waals surface area contributed by atoms with E-state index in [1.165, 1.54) is 55.5 Å². The number of alkyl halides is 6. The number of nitrogens with zero attached hydrogens (tertiary/aromatic N) is 2. The summed E-state index contributed by atoms with van der Waals surface area (Å²) in [5.41, 5.74) is -3.30. The molecule has 5 rings (SSSR count). The first-order valence-corrected chi connectivity index (χ1v) is 17.6. The summed E-state index contributed by atoms with van der Waals surface area (Å²) in [5.74, 6) is -1.14. The molecule has 2 aliphatic rings. The highest BCUT2D eigenvalue weighted by Gasteiger charge is 2.38. The molecule has 3 aromatic rings. The molecule has 3 aromatic carbocycles. The van der Waals surface area contributed by atoms with Crippen LogP contribution in [0, 0.1) is 0 Å². The van der Waals surface area contributed by atoms with Gasteiger partial charge in [-0.1, -0.05) is 24.0 Å². The van der Waals surface area contributed by atoms with E-state index in [4.69, 9.17) is 35.9 Å². The van der Waals surface area contributed by atoms with Gasteiger partial charge in [-0.3, -0.25) is 14.6 Å². The number of hydrogen-bond donors (Lipinski definition) is 1. The number of halogens is 6. The van der Waals surface area contributed by atoms with Crippen LogP contribution >= 0.6 is 24.0 Å². The predicted octanol–water partition coefficient (Wildman–Crippen LogP) is 7.49. The van der Waals surface area contributed by atoms with Crippen molar-refractivity contribution in [1.82, 2.24) is 9.80 Å². The standard InChI is InChI=1S/C36H34F6N2O8S2/c1-48-28-19-22(33(46)47)4-5-27(28)51-10-3-6-44-32(45)30(54-34(44)53)16-21-14-26(23-17-24(35(37,38)39)20-25(18-23)36(40,41)42)31(29(15-21)49-2)52-13-9-43-7-11-50-12-8-43/h4-5,14-20H,3,6-13H2,1-2H3,(H,46,47)/b30-16-. The summed E-state index contributed by atoms with van der Waals surface area (Å²) in [7, 11) is 2.65. The number of rotatable bonds is 14. The smallest absolute Gasteiger partial charge is 0.416 e. The van der Waals surface area contributed by atoms with Gasteiger partial charge in [-0.15, -0.1) is 0 Å². The second kappa shape index (κ2) is 17.3. The van der Waals surface area contributed by atoms with Crippen LogP contribution in [0.15, 0.2) is 53.4 Å². The largest absolute Gasteiger partial charge is 0.493 e. The van der Waals surface area contributed by atoms with Gasteiger partial charge < -0.3 is 28.8 Å². The Balaban J connectivity index is 1.42. The molecule has 1 N–H and O–H groups in total. The van der Waals surface area contributed by atoms with Crippen LogP contribution in [-0.2, 0) is 21.9 Å². The number of carbonyl (C=O) groups excluding carboxylic acids is 1. The van der Waals surface area contributed by atoms with E-state index in [0.29, 0.717) is 57.2 Å². The van der Waals surface area contributed by atoms with E-state index in [0.717, 1.165) is 11.8 Å². The normalized spacial score (nSPS) is 16.2. The van der Waals surface area contributed by atoms with Crippen molar-refractivity contribution in [1.29, 1.82) is 0 Å². The van der Waals surface area contributed by atoms with Gasteiger partial charge in [0.1, 0.15) is 10.9 Å². The van der Waals surface area contributed by atoms with Crippen molar-refractivity contribution in [3.63, 3.8) is 0 Å². The number of methoxy groups -OCH3 is 2. The highest BCUT2D eigenvalue weighted by Crippen LogP contribution is 2.45. The van der Waals surface area contributed by atoms with Crippen LogP contribution in [0.5, 0.6) is 23.0 Å². The zero-order chi connectivity index (χ0) is 39.2. The maximum atomic E-state index is 13.9. The highest BCUT2D eigenvalue weighted by atomic mass is 32.2. The van der Waals surface area contributed by atoms with E-state index in [1.807, 2.05) is 4.90 Å². The maximum absolute atomic E-state index is 13.9. The zero-order valence-corrected chi connectivity index (χ0v) is 30.5. The summed E-state index contributed by atoms with van der Waals surface area (Å²) >= 11 is 6.41. The highest BCUT2D eigenvalue weighted by molar-refractivity contribution is 8.26. The summed E-state index contributed by atoms with van der Waals surface area (Å²) in [5, 5.41) is 9.20. The van der Waals surface area contributed by atoms with Crippen LogP contribution in [0.3, 0.4) is 0 Å². The molecule has 2 heterocycles. The Morgan fingerprint density at radius 1 is 0.889 bits per heavy atom. The lowest BCUT2D eigenvalue weighted by Crippen LogP contribution is -2.38. The molecular formula is C36H34F6N2O8S2. The van der Waals surface area contributed by atoms with Crippen molar-refractivity contribution in [2.24, 2.45) is 0 Å². The minimum Gasteiger partial charge on any atom is -0.493 e. The average Bonchev–Trinajstić information content (AvgIpc) is 3.40. The van der Waals surface area contributed by atoms with Gasteiger partial charge in [-0.25, -0.2) is 4.79 Å². The Labute approximate surface area is 315 Å². The van der Waals surface area contributed by atoms with Crippen molar-refractivity contribution >= 4 is 46.3 Å². The Hall–Kier alpha value is -4.52. The number of carboxylic acid groups (broad SMARTS) is 1. The lowest BCUT2D eigenvalue weighted by molar-refractivity contribution is -0.143. The molecule has 0 aromatic heterocycles. The molecule has 0 radical (unpaired) electrons.